The summed E-state index contributed by atoms with van der Waals surface area (Å²) in [4.78, 5) is 16.7. The van der Waals surface area contributed by atoms with E-state index in [4.69, 9.17) is 5.73 Å². The van der Waals surface area contributed by atoms with Gasteiger partial charge in [0.2, 0.25) is 5.91 Å². The number of carbonyl (C=O) groups excluding carboxylic acids is 1. The second kappa shape index (κ2) is 13.0. The minimum absolute atomic E-state index is 0.0273. The van der Waals surface area contributed by atoms with E-state index in [2.05, 4.69) is 40.7 Å². The van der Waals surface area contributed by atoms with Crippen molar-refractivity contribution in [2.45, 2.75) is 45.4 Å². The van der Waals surface area contributed by atoms with Gasteiger partial charge in [0.15, 0.2) is 0 Å². The van der Waals surface area contributed by atoms with Crippen molar-refractivity contribution in [2.75, 3.05) is 12.3 Å². The zero-order valence-electron chi connectivity index (χ0n) is 22.4. The van der Waals surface area contributed by atoms with Crippen LogP contribution in [0.5, 0.6) is 5.75 Å². The first-order valence-electron chi connectivity index (χ1n) is 13.1. The topological polar surface area (TPSA) is 120 Å². The van der Waals surface area contributed by atoms with Crippen LogP contribution in [0.3, 0.4) is 0 Å². The number of aliphatic hydroxyl groups is 1. The molecule has 39 heavy (non-hydrogen) atoms. The molecule has 0 saturated heterocycles. The monoisotopic (exact) mass is 524 g/mol. The van der Waals surface area contributed by atoms with E-state index >= 15 is 0 Å². The normalized spacial score (nSPS) is 12.6. The molecule has 7 nitrogen and oxygen atoms in total. The molecule has 202 valence electrons. The quantitative estimate of drug-likeness (QED) is 0.198. The number of nitrogens with two attached hydrogens (primary N) is 1. The molecule has 7 heteroatoms. The van der Waals surface area contributed by atoms with E-state index in [1.807, 2.05) is 43.3 Å². The lowest BCUT2D eigenvalue weighted by atomic mass is 9.99. The highest BCUT2D eigenvalue weighted by Gasteiger charge is 2.12. The molecular weight excluding hydrogens is 488 g/mol. The highest BCUT2D eigenvalue weighted by Crippen LogP contribution is 2.24. The molecule has 0 unspecified atom stereocenters. The number of phenolic OH excluding ortho intramolecular Hbond substituents is 1. The zero-order valence-corrected chi connectivity index (χ0v) is 22.4. The SMILES string of the molecule is Cc1cc(-c2ccc(O)cc2)ccc1CNC(=O)Cc1cccc(C[C@@H](C)NC[C@H](O)c2ccc(N)nc2)c1. The minimum atomic E-state index is -0.664. The van der Waals surface area contributed by atoms with Crippen molar-refractivity contribution < 1.29 is 15.0 Å². The third kappa shape index (κ3) is 8.14. The first-order valence-corrected chi connectivity index (χ1v) is 13.1. The van der Waals surface area contributed by atoms with Crippen LogP contribution in [0.25, 0.3) is 11.1 Å². The van der Waals surface area contributed by atoms with E-state index in [-0.39, 0.29) is 17.7 Å². The fraction of sp³-hybridized carbons (Fsp3) is 0.250. The molecule has 0 aliphatic rings. The summed E-state index contributed by atoms with van der Waals surface area (Å²) in [5, 5.41) is 26.3. The number of phenols is 1. The van der Waals surface area contributed by atoms with Crippen LogP contribution in [-0.2, 0) is 24.2 Å². The van der Waals surface area contributed by atoms with Gasteiger partial charge >= 0.3 is 0 Å². The number of aryl methyl sites for hydroxylation is 1. The molecule has 1 aromatic heterocycles. The third-order valence-corrected chi connectivity index (χ3v) is 6.77. The van der Waals surface area contributed by atoms with E-state index in [1.165, 1.54) is 0 Å². The number of nitrogens with zero attached hydrogens (tertiary/aromatic N) is 1. The van der Waals surface area contributed by atoms with Gasteiger partial charge in [0.05, 0.1) is 12.5 Å². The number of nitrogens with one attached hydrogen (secondary N) is 2. The van der Waals surface area contributed by atoms with Crippen LogP contribution in [0.15, 0.2) is 85.1 Å². The molecule has 0 aliphatic heterocycles. The molecule has 0 saturated carbocycles. The Hall–Kier alpha value is -4.20. The van der Waals surface area contributed by atoms with Gasteiger partial charge in [-0.3, -0.25) is 4.79 Å². The lowest BCUT2D eigenvalue weighted by Crippen LogP contribution is -2.32. The lowest BCUT2D eigenvalue weighted by Gasteiger charge is -2.18. The summed E-state index contributed by atoms with van der Waals surface area (Å²) in [6, 6.07) is 25.0. The lowest BCUT2D eigenvalue weighted by molar-refractivity contribution is -0.120. The largest absolute Gasteiger partial charge is 0.508 e. The van der Waals surface area contributed by atoms with Crippen LogP contribution in [0.1, 0.15) is 40.8 Å². The Morgan fingerprint density at radius 1 is 0.974 bits per heavy atom. The predicted molar refractivity (Wildman–Crippen MR) is 155 cm³/mol. The fourth-order valence-electron chi connectivity index (χ4n) is 4.51. The number of pyridine rings is 1. The average Bonchev–Trinajstić information content (AvgIpc) is 2.92. The molecule has 0 aliphatic carbocycles. The molecule has 4 aromatic rings. The maximum Gasteiger partial charge on any atom is 0.224 e. The van der Waals surface area contributed by atoms with Crippen molar-refractivity contribution in [3.8, 4) is 16.9 Å². The van der Waals surface area contributed by atoms with Gasteiger partial charge in [-0.25, -0.2) is 4.98 Å². The Balaban J connectivity index is 1.25. The Morgan fingerprint density at radius 3 is 2.44 bits per heavy atom. The van der Waals surface area contributed by atoms with Gasteiger partial charge in [-0.15, -0.1) is 0 Å². The Bertz CT molecular complexity index is 1390. The summed E-state index contributed by atoms with van der Waals surface area (Å²) >= 11 is 0. The van der Waals surface area contributed by atoms with Crippen molar-refractivity contribution in [1.82, 2.24) is 15.6 Å². The van der Waals surface area contributed by atoms with Crippen LogP contribution >= 0.6 is 0 Å². The molecule has 0 fully saturated rings. The second-order valence-corrected chi connectivity index (χ2v) is 10.0. The average molecular weight is 525 g/mol. The molecule has 0 bridgehead atoms. The number of aromatic hydroxyl groups is 1. The number of hydrogen-bond donors (Lipinski definition) is 5. The van der Waals surface area contributed by atoms with Crippen LogP contribution in [0.4, 0.5) is 5.82 Å². The van der Waals surface area contributed by atoms with Crippen molar-refractivity contribution >= 4 is 11.7 Å². The Kier molecular flexibility index (Phi) is 9.31. The summed E-state index contributed by atoms with van der Waals surface area (Å²) in [5.74, 6) is 0.645. The number of benzene rings is 3. The minimum Gasteiger partial charge on any atom is -0.508 e. The highest BCUT2D eigenvalue weighted by molar-refractivity contribution is 5.78. The molecule has 1 amide bonds. The van der Waals surface area contributed by atoms with Crippen molar-refractivity contribution in [2.24, 2.45) is 0 Å². The van der Waals surface area contributed by atoms with E-state index in [1.54, 1.807) is 30.5 Å². The summed E-state index contributed by atoms with van der Waals surface area (Å²) < 4.78 is 0. The van der Waals surface area contributed by atoms with E-state index < -0.39 is 6.10 Å². The summed E-state index contributed by atoms with van der Waals surface area (Å²) in [7, 11) is 0. The number of aromatic nitrogens is 1. The van der Waals surface area contributed by atoms with Gasteiger partial charge in [0.25, 0.3) is 0 Å². The van der Waals surface area contributed by atoms with Gasteiger partial charge in [-0.05, 0) is 71.8 Å². The van der Waals surface area contributed by atoms with Crippen molar-refractivity contribution in [3.63, 3.8) is 0 Å². The van der Waals surface area contributed by atoms with Gasteiger partial charge in [0, 0.05) is 30.9 Å². The highest BCUT2D eigenvalue weighted by atomic mass is 16.3. The molecule has 2 atom stereocenters. The fourth-order valence-corrected chi connectivity index (χ4v) is 4.51. The molecule has 3 aromatic carbocycles. The first-order chi connectivity index (χ1) is 18.8. The zero-order chi connectivity index (χ0) is 27.8. The maximum atomic E-state index is 12.7. The van der Waals surface area contributed by atoms with E-state index in [9.17, 15) is 15.0 Å². The van der Waals surface area contributed by atoms with Crippen LogP contribution in [0, 0.1) is 6.92 Å². The third-order valence-electron chi connectivity index (χ3n) is 6.77. The second-order valence-electron chi connectivity index (χ2n) is 10.0. The summed E-state index contributed by atoms with van der Waals surface area (Å²) in [6.45, 7) is 4.98. The van der Waals surface area contributed by atoms with Crippen LogP contribution in [-0.4, -0.2) is 33.7 Å². The smallest absolute Gasteiger partial charge is 0.224 e. The number of amides is 1. The summed E-state index contributed by atoms with van der Waals surface area (Å²) in [5.41, 5.74) is 12.7. The van der Waals surface area contributed by atoms with Gasteiger partial charge in [-0.2, -0.15) is 0 Å². The molecular formula is C32H36N4O3. The number of carbonyl (C=O) groups is 1. The molecule has 0 spiro atoms. The molecule has 4 rings (SSSR count). The van der Waals surface area contributed by atoms with Gasteiger partial charge in [-0.1, -0.05) is 60.7 Å². The van der Waals surface area contributed by atoms with Crippen molar-refractivity contribution in [1.29, 1.82) is 0 Å². The maximum absolute atomic E-state index is 12.7. The van der Waals surface area contributed by atoms with E-state index in [0.717, 1.165) is 45.4 Å². The molecule has 1 heterocycles. The number of nitrogen functional groups attached to an aromatic ring is 1. The standard InChI is InChI=1S/C32H36N4O3/c1-21-14-26(25-8-11-29(37)12-9-25)6-7-27(21)18-36-32(39)17-24-5-3-4-23(16-24)15-22(2)34-20-30(38)28-10-13-31(33)35-19-28/h3-14,16,19,22,30,34,37-38H,15,17-18,20H2,1-2H3,(H2,33,35)(H,36,39)/t22-,30+/m1/s1. The number of rotatable bonds is 11. The Labute approximate surface area is 229 Å². The van der Waals surface area contributed by atoms with Crippen LogP contribution in [0.2, 0.25) is 0 Å². The first kappa shape index (κ1) is 27.8. The molecule has 0 radical (unpaired) electrons. The van der Waals surface area contributed by atoms with Crippen molar-refractivity contribution in [3.05, 3.63) is 113 Å². The Morgan fingerprint density at radius 2 is 1.72 bits per heavy atom. The number of anilines is 1. The van der Waals surface area contributed by atoms with Gasteiger partial charge in [0.1, 0.15) is 11.6 Å². The van der Waals surface area contributed by atoms with E-state index in [0.29, 0.717) is 25.3 Å². The summed E-state index contributed by atoms with van der Waals surface area (Å²) in [6.07, 6.45) is 2.01. The number of hydrogen-bond acceptors (Lipinski definition) is 6. The molecule has 6 N–H and O–H groups in total. The number of aliphatic hydroxyl groups excluding tert-OH is 1. The van der Waals surface area contributed by atoms with Crippen LogP contribution < -0.4 is 16.4 Å². The predicted octanol–water partition coefficient (Wildman–Crippen LogP) is 4.46. The van der Waals surface area contributed by atoms with Gasteiger partial charge < -0.3 is 26.6 Å².